The molecule has 0 amide bonds. The van der Waals surface area contributed by atoms with Crippen LogP contribution in [-0.2, 0) is 0 Å². The molecule has 0 aromatic carbocycles. The molecule has 0 heterocycles. The molecule has 0 saturated carbocycles. The van der Waals surface area contributed by atoms with Gasteiger partial charge in [-0.1, -0.05) is 156 Å². The van der Waals surface area contributed by atoms with Crippen LogP contribution in [0.25, 0.3) is 0 Å². The summed E-state index contributed by atoms with van der Waals surface area (Å²) in [7, 11) is 0. The second-order valence-electron chi connectivity index (χ2n) is 11.4. The predicted molar refractivity (Wildman–Crippen MR) is 164 cm³/mol. The minimum Gasteiger partial charge on any atom is -0.343 e. The van der Waals surface area contributed by atoms with E-state index in [9.17, 15) is 5.41 Å². The maximum atomic E-state index is 9.24. The summed E-state index contributed by atoms with van der Waals surface area (Å²) in [6.07, 6.45) is 32.1. The maximum Gasteiger partial charge on any atom is 0.193 e. The molecule has 3 nitrogen and oxygen atoms in total. The molecule has 0 aromatic heterocycles. The fourth-order valence-corrected chi connectivity index (χ4v) is 5.18. The summed E-state index contributed by atoms with van der Waals surface area (Å²) < 4.78 is 0. The first-order chi connectivity index (χ1) is 17.7. The molecule has 0 saturated heterocycles. The maximum absolute atomic E-state index is 9.24. The molecule has 0 aliphatic carbocycles. The largest absolute Gasteiger partial charge is 0.343 e. The fraction of sp³-hybridized carbons (Fsp3) is 0.970. The number of guanidine groups is 1. The van der Waals surface area contributed by atoms with E-state index in [1.165, 1.54) is 154 Å². The standard InChI is InChI=1S/C33H69N3/c1-5-9-13-17-21-25-29-35(30-26-22-18-14-10-6-2)33(34)36(31-27-23-19-15-11-7-3)32-28-24-20-16-12-8-4/h34H,5-32H2,1-4H3. The van der Waals surface area contributed by atoms with E-state index < -0.39 is 0 Å². The molecule has 0 radical (unpaired) electrons. The molecule has 0 aliphatic heterocycles. The van der Waals surface area contributed by atoms with Crippen molar-refractivity contribution in [2.24, 2.45) is 0 Å². The lowest BCUT2D eigenvalue weighted by Gasteiger charge is -2.34. The number of nitrogens with zero attached hydrogens (tertiary/aromatic N) is 2. The van der Waals surface area contributed by atoms with E-state index in [4.69, 9.17) is 0 Å². The molecule has 0 unspecified atom stereocenters. The average molecular weight is 508 g/mol. The van der Waals surface area contributed by atoms with Gasteiger partial charge in [0.05, 0.1) is 0 Å². The first kappa shape index (κ1) is 35.3. The highest BCUT2D eigenvalue weighted by Gasteiger charge is 2.16. The van der Waals surface area contributed by atoms with Crippen LogP contribution in [-0.4, -0.2) is 41.9 Å². The third-order valence-electron chi connectivity index (χ3n) is 7.73. The Morgan fingerprint density at radius 2 is 0.528 bits per heavy atom. The van der Waals surface area contributed by atoms with Gasteiger partial charge in [0.2, 0.25) is 0 Å². The molecular formula is C33H69N3. The van der Waals surface area contributed by atoms with Crippen molar-refractivity contribution < 1.29 is 0 Å². The van der Waals surface area contributed by atoms with Gasteiger partial charge < -0.3 is 9.80 Å². The van der Waals surface area contributed by atoms with Gasteiger partial charge in [-0.25, -0.2) is 0 Å². The Labute approximate surface area is 229 Å². The molecule has 36 heavy (non-hydrogen) atoms. The van der Waals surface area contributed by atoms with Crippen molar-refractivity contribution in [2.45, 2.75) is 182 Å². The van der Waals surface area contributed by atoms with Crippen LogP contribution in [0.4, 0.5) is 0 Å². The van der Waals surface area contributed by atoms with Crippen molar-refractivity contribution in [3.8, 4) is 0 Å². The van der Waals surface area contributed by atoms with Crippen molar-refractivity contribution in [3.63, 3.8) is 0 Å². The van der Waals surface area contributed by atoms with Gasteiger partial charge in [-0.05, 0) is 25.7 Å². The number of unbranched alkanes of at least 4 members (excludes halogenated alkanes) is 20. The van der Waals surface area contributed by atoms with Crippen LogP contribution in [0.3, 0.4) is 0 Å². The average Bonchev–Trinajstić information content (AvgIpc) is 2.89. The number of rotatable bonds is 28. The van der Waals surface area contributed by atoms with E-state index in [0.717, 1.165) is 32.1 Å². The Morgan fingerprint density at radius 1 is 0.333 bits per heavy atom. The minimum absolute atomic E-state index is 0.847. The van der Waals surface area contributed by atoms with Crippen LogP contribution in [0.1, 0.15) is 182 Å². The van der Waals surface area contributed by atoms with Gasteiger partial charge in [0.15, 0.2) is 5.96 Å². The first-order valence-electron chi connectivity index (χ1n) is 16.8. The second kappa shape index (κ2) is 28.8. The molecule has 216 valence electrons. The van der Waals surface area contributed by atoms with Gasteiger partial charge in [-0.15, -0.1) is 0 Å². The Hall–Kier alpha value is -0.730. The van der Waals surface area contributed by atoms with E-state index in [1.807, 2.05) is 0 Å². The first-order valence-corrected chi connectivity index (χ1v) is 16.8. The molecule has 0 atom stereocenters. The van der Waals surface area contributed by atoms with Crippen LogP contribution in [0, 0.1) is 5.41 Å². The fourth-order valence-electron chi connectivity index (χ4n) is 5.18. The smallest absolute Gasteiger partial charge is 0.193 e. The van der Waals surface area contributed by atoms with E-state index in [0.29, 0.717) is 0 Å². The zero-order chi connectivity index (χ0) is 26.5. The molecule has 0 aliphatic rings. The molecule has 3 heteroatoms. The monoisotopic (exact) mass is 508 g/mol. The third kappa shape index (κ3) is 22.5. The van der Waals surface area contributed by atoms with Crippen molar-refractivity contribution in [3.05, 3.63) is 0 Å². The van der Waals surface area contributed by atoms with Crippen molar-refractivity contribution >= 4 is 5.96 Å². The summed E-state index contributed by atoms with van der Waals surface area (Å²) in [6, 6.07) is 0. The van der Waals surface area contributed by atoms with E-state index in [-0.39, 0.29) is 0 Å². The number of hydrogen-bond acceptors (Lipinski definition) is 1. The zero-order valence-corrected chi connectivity index (χ0v) is 25.7. The predicted octanol–water partition coefficient (Wildman–Crippen LogP) is 11.0. The summed E-state index contributed by atoms with van der Waals surface area (Å²) in [5.74, 6) is 0.847. The third-order valence-corrected chi connectivity index (χ3v) is 7.73. The van der Waals surface area contributed by atoms with Gasteiger partial charge in [0, 0.05) is 26.2 Å². The van der Waals surface area contributed by atoms with E-state index in [2.05, 4.69) is 37.5 Å². The molecular weight excluding hydrogens is 438 g/mol. The number of nitrogens with one attached hydrogen (secondary N) is 1. The van der Waals surface area contributed by atoms with Crippen LogP contribution < -0.4 is 0 Å². The lowest BCUT2D eigenvalue weighted by Crippen LogP contribution is -2.45. The second-order valence-corrected chi connectivity index (χ2v) is 11.4. The Morgan fingerprint density at radius 3 is 0.750 bits per heavy atom. The zero-order valence-electron chi connectivity index (χ0n) is 25.7. The van der Waals surface area contributed by atoms with Crippen molar-refractivity contribution in [2.75, 3.05) is 26.2 Å². The van der Waals surface area contributed by atoms with Crippen molar-refractivity contribution in [1.29, 1.82) is 5.41 Å². The highest BCUT2D eigenvalue weighted by molar-refractivity contribution is 5.76. The summed E-state index contributed by atoms with van der Waals surface area (Å²) >= 11 is 0. The summed E-state index contributed by atoms with van der Waals surface area (Å²) in [4.78, 5) is 4.93. The normalized spacial score (nSPS) is 11.2. The van der Waals surface area contributed by atoms with Gasteiger partial charge in [0.25, 0.3) is 0 Å². The molecule has 0 spiro atoms. The number of hydrogen-bond donors (Lipinski definition) is 1. The van der Waals surface area contributed by atoms with E-state index in [1.54, 1.807) is 0 Å². The highest BCUT2D eigenvalue weighted by Crippen LogP contribution is 2.14. The Kier molecular flexibility index (Phi) is 28.3. The lowest BCUT2D eigenvalue weighted by atomic mass is 10.1. The highest BCUT2D eigenvalue weighted by atomic mass is 15.4. The van der Waals surface area contributed by atoms with Crippen LogP contribution >= 0.6 is 0 Å². The summed E-state index contributed by atoms with van der Waals surface area (Å²) in [5.41, 5.74) is 0. The van der Waals surface area contributed by atoms with Gasteiger partial charge >= 0.3 is 0 Å². The van der Waals surface area contributed by atoms with Crippen LogP contribution in [0.15, 0.2) is 0 Å². The molecule has 1 N–H and O–H groups in total. The van der Waals surface area contributed by atoms with E-state index >= 15 is 0 Å². The van der Waals surface area contributed by atoms with Crippen LogP contribution in [0.2, 0.25) is 0 Å². The van der Waals surface area contributed by atoms with Gasteiger partial charge in [-0.3, -0.25) is 5.41 Å². The molecule has 0 rings (SSSR count). The van der Waals surface area contributed by atoms with Gasteiger partial charge in [-0.2, -0.15) is 0 Å². The lowest BCUT2D eigenvalue weighted by molar-refractivity contribution is 0.291. The molecule has 0 bridgehead atoms. The topological polar surface area (TPSA) is 30.3 Å². The summed E-state index contributed by atoms with van der Waals surface area (Å²) in [5, 5.41) is 9.24. The quantitative estimate of drug-likeness (QED) is 0.0648. The summed E-state index contributed by atoms with van der Waals surface area (Å²) in [6.45, 7) is 13.5. The minimum atomic E-state index is 0.847. The van der Waals surface area contributed by atoms with Crippen LogP contribution in [0.5, 0.6) is 0 Å². The SMILES string of the molecule is CCCCCCCCN(CCCCCCCC)C(=N)N(CCCCCCCC)CCCCCCCC. The Balaban J connectivity index is 4.82. The van der Waals surface area contributed by atoms with Crippen molar-refractivity contribution in [1.82, 2.24) is 9.80 Å². The Bertz CT molecular complexity index is 367. The molecule has 0 fully saturated rings. The molecule has 0 aromatic rings. The van der Waals surface area contributed by atoms with Gasteiger partial charge in [0.1, 0.15) is 0 Å².